The van der Waals surface area contributed by atoms with Gasteiger partial charge in [-0.3, -0.25) is 4.79 Å². The van der Waals surface area contributed by atoms with Gasteiger partial charge in [0.1, 0.15) is 5.82 Å². The quantitative estimate of drug-likeness (QED) is 0.857. The van der Waals surface area contributed by atoms with Crippen LogP contribution in [0.5, 0.6) is 0 Å². The first-order valence-corrected chi connectivity index (χ1v) is 7.00. The molecule has 0 aliphatic carbocycles. The van der Waals surface area contributed by atoms with Crippen molar-refractivity contribution in [3.63, 3.8) is 0 Å². The maximum absolute atomic E-state index is 13.7. The monoisotopic (exact) mass is 282 g/mol. The molecular formula is C14H16ClFN2O. The highest BCUT2D eigenvalue weighted by Gasteiger charge is 2.37. The summed E-state index contributed by atoms with van der Waals surface area (Å²) in [6.07, 6.45) is 2.29. The van der Waals surface area contributed by atoms with Crippen molar-refractivity contribution in [2.45, 2.75) is 18.9 Å². The van der Waals surface area contributed by atoms with Gasteiger partial charge in [0.25, 0.3) is 5.91 Å². The van der Waals surface area contributed by atoms with Crippen LogP contribution in [-0.2, 0) is 0 Å². The van der Waals surface area contributed by atoms with Gasteiger partial charge in [-0.1, -0.05) is 11.6 Å². The van der Waals surface area contributed by atoms with Gasteiger partial charge < -0.3 is 10.2 Å². The van der Waals surface area contributed by atoms with Gasteiger partial charge in [0, 0.05) is 24.2 Å². The molecule has 102 valence electrons. The molecule has 2 atom stereocenters. The lowest BCUT2D eigenvalue weighted by atomic mass is 9.94. The molecule has 0 spiro atoms. The Bertz CT molecular complexity index is 494. The lowest BCUT2D eigenvalue weighted by Gasteiger charge is -2.24. The van der Waals surface area contributed by atoms with Crippen molar-refractivity contribution in [3.8, 4) is 0 Å². The van der Waals surface area contributed by atoms with Gasteiger partial charge in [-0.2, -0.15) is 0 Å². The summed E-state index contributed by atoms with van der Waals surface area (Å²) < 4.78 is 13.7. The van der Waals surface area contributed by atoms with E-state index in [2.05, 4.69) is 5.32 Å². The van der Waals surface area contributed by atoms with Gasteiger partial charge in [0.15, 0.2) is 0 Å². The molecule has 2 saturated heterocycles. The zero-order valence-electron chi connectivity index (χ0n) is 10.5. The molecule has 0 aromatic heterocycles. The highest BCUT2D eigenvalue weighted by atomic mass is 35.5. The van der Waals surface area contributed by atoms with Crippen LogP contribution in [0.2, 0.25) is 5.02 Å². The molecule has 19 heavy (non-hydrogen) atoms. The largest absolute Gasteiger partial charge is 0.337 e. The standard InChI is InChI=1S/C14H16ClFN2O/c15-10-3-4-12(16)11(6-10)14(19)18-7-9-2-1-5-17-13(9)8-18/h3-4,6,9,13,17H,1-2,5,7-8H2/t9-,13+/m0/s1. The molecule has 1 N–H and O–H groups in total. The van der Waals surface area contributed by atoms with Gasteiger partial charge in [0.2, 0.25) is 0 Å². The van der Waals surface area contributed by atoms with Crippen molar-refractivity contribution in [2.75, 3.05) is 19.6 Å². The fourth-order valence-corrected chi connectivity index (χ4v) is 3.22. The number of amides is 1. The number of carbonyl (C=O) groups excluding carboxylic acids is 1. The number of hydrogen-bond acceptors (Lipinski definition) is 2. The van der Waals surface area contributed by atoms with Crippen molar-refractivity contribution in [3.05, 3.63) is 34.6 Å². The van der Waals surface area contributed by atoms with E-state index in [9.17, 15) is 9.18 Å². The maximum atomic E-state index is 13.7. The molecule has 0 bridgehead atoms. The Kier molecular flexibility index (Phi) is 3.46. The van der Waals surface area contributed by atoms with Crippen LogP contribution in [0.3, 0.4) is 0 Å². The molecule has 0 saturated carbocycles. The number of hydrogen-bond donors (Lipinski definition) is 1. The molecule has 2 aliphatic heterocycles. The number of rotatable bonds is 1. The summed E-state index contributed by atoms with van der Waals surface area (Å²) in [5, 5.41) is 3.82. The number of likely N-dealkylation sites (tertiary alicyclic amines) is 1. The Hall–Kier alpha value is -1.13. The normalized spacial score (nSPS) is 26.3. The third kappa shape index (κ3) is 2.47. The molecule has 0 unspecified atom stereocenters. The van der Waals surface area contributed by atoms with Crippen LogP contribution in [-0.4, -0.2) is 36.5 Å². The summed E-state index contributed by atoms with van der Waals surface area (Å²) in [5.74, 6) is -0.256. The lowest BCUT2D eigenvalue weighted by Crippen LogP contribution is -2.41. The van der Waals surface area contributed by atoms with Crippen LogP contribution in [0.25, 0.3) is 0 Å². The second-order valence-corrected chi connectivity index (χ2v) is 5.73. The minimum absolute atomic E-state index is 0.0751. The summed E-state index contributed by atoms with van der Waals surface area (Å²) in [5.41, 5.74) is 0.0751. The van der Waals surface area contributed by atoms with E-state index in [1.54, 1.807) is 4.90 Å². The highest BCUT2D eigenvalue weighted by molar-refractivity contribution is 6.31. The Morgan fingerprint density at radius 3 is 3.05 bits per heavy atom. The van der Waals surface area contributed by atoms with E-state index in [1.807, 2.05) is 0 Å². The van der Waals surface area contributed by atoms with Crippen molar-refractivity contribution >= 4 is 17.5 Å². The lowest BCUT2D eigenvalue weighted by molar-refractivity contribution is 0.0781. The number of nitrogens with zero attached hydrogens (tertiary/aromatic N) is 1. The predicted molar refractivity (Wildman–Crippen MR) is 71.8 cm³/mol. The topological polar surface area (TPSA) is 32.3 Å². The number of piperidine rings is 1. The second kappa shape index (κ2) is 5.10. The first kappa shape index (κ1) is 12.9. The van der Waals surface area contributed by atoms with Crippen LogP contribution in [0, 0.1) is 11.7 Å². The molecule has 2 fully saturated rings. The third-order valence-electron chi connectivity index (χ3n) is 4.05. The molecule has 1 amide bonds. The van der Waals surface area contributed by atoms with E-state index < -0.39 is 5.82 Å². The number of nitrogens with one attached hydrogen (secondary N) is 1. The zero-order valence-corrected chi connectivity index (χ0v) is 11.3. The summed E-state index contributed by atoms with van der Waals surface area (Å²) in [7, 11) is 0. The summed E-state index contributed by atoms with van der Waals surface area (Å²) in [4.78, 5) is 14.1. The molecule has 3 nitrogen and oxygen atoms in total. The fraction of sp³-hybridized carbons (Fsp3) is 0.500. The van der Waals surface area contributed by atoms with E-state index in [0.29, 0.717) is 30.1 Å². The van der Waals surface area contributed by atoms with Crippen LogP contribution >= 0.6 is 11.6 Å². The molecule has 2 heterocycles. The first-order chi connectivity index (χ1) is 9.15. The average molecular weight is 283 g/mol. The van der Waals surface area contributed by atoms with Crippen molar-refractivity contribution in [2.24, 2.45) is 5.92 Å². The third-order valence-corrected chi connectivity index (χ3v) is 4.28. The van der Waals surface area contributed by atoms with Crippen LogP contribution in [0.4, 0.5) is 4.39 Å². The highest BCUT2D eigenvalue weighted by Crippen LogP contribution is 2.27. The first-order valence-electron chi connectivity index (χ1n) is 6.63. The van der Waals surface area contributed by atoms with E-state index >= 15 is 0 Å². The average Bonchev–Trinajstić information content (AvgIpc) is 2.84. The van der Waals surface area contributed by atoms with E-state index in [4.69, 9.17) is 11.6 Å². The molecule has 1 aromatic rings. The van der Waals surface area contributed by atoms with Gasteiger partial charge in [-0.15, -0.1) is 0 Å². The maximum Gasteiger partial charge on any atom is 0.256 e. The number of halogens is 2. The Labute approximate surface area is 116 Å². The van der Waals surface area contributed by atoms with E-state index in [1.165, 1.54) is 18.2 Å². The zero-order chi connectivity index (χ0) is 13.4. The molecule has 5 heteroatoms. The van der Waals surface area contributed by atoms with E-state index in [-0.39, 0.29) is 11.5 Å². The Morgan fingerprint density at radius 2 is 2.26 bits per heavy atom. The summed E-state index contributed by atoms with van der Waals surface area (Å²) in [6.45, 7) is 2.38. The number of carbonyl (C=O) groups is 1. The minimum atomic E-state index is -0.503. The van der Waals surface area contributed by atoms with Crippen LogP contribution < -0.4 is 5.32 Å². The molecule has 1 aromatic carbocycles. The Balaban J connectivity index is 1.79. The fourth-order valence-electron chi connectivity index (χ4n) is 3.04. The summed E-state index contributed by atoms with van der Waals surface area (Å²) >= 11 is 5.84. The number of fused-ring (bicyclic) bond motifs is 1. The molecule has 2 aliphatic rings. The van der Waals surface area contributed by atoms with Crippen LogP contribution in [0.1, 0.15) is 23.2 Å². The molecular weight excluding hydrogens is 267 g/mol. The molecule has 0 radical (unpaired) electrons. The van der Waals surface area contributed by atoms with Gasteiger partial charge in [-0.25, -0.2) is 4.39 Å². The minimum Gasteiger partial charge on any atom is -0.337 e. The van der Waals surface area contributed by atoms with Gasteiger partial charge in [0.05, 0.1) is 5.56 Å². The van der Waals surface area contributed by atoms with Gasteiger partial charge in [-0.05, 0) is 43.5 Å². The van der Waals surface area contributed by atoms with E-state index in [0.717, 1.165) is 19.4 Å². The van der Waals surface area contributed by atoms with Crippen molar-refractivity contribution < 1.29 is 9.18 Å². The number of benzene rings is 1. The smallest absolute Gasteiger partial charge is 0.256 e. The SMILES string of the molecule is O=C(c1cc(Cl)ccc1F)N1C[C@@H]2CCCN[C@@H]2C1. The van der Waals surface area contributed by atoms with Gasteiger partial charge >= 0.3 is 0 Å². The predicted octanol–water partition coefficient (Wildman–Crippen LogP) is 2.30. The molecule has 3 rings (SSSR count). The second-order valence-electron chi connectivity index (χ2n) is 5.30. The Morgan fingerprint density at radius 1 is 1.42 bits per heavy atom. The van der Waals surface area contributed by atoms with Crippen LogP contribution in [0.15, 0.2) is 18.2 Å². The summed E-state index contributed by atoms with van der Waals surface area (Å²) in [6, 6.07) is 4.48. The van der Waals surface area contributed by atoms with Crippen molar-refractivity contribution in [1.82, 2.24) is 10.2 Å². The van der Waals surface area contributed by atoms with Crippen molar-refractivity contribution in [1.29, 1.82) is 0 Å².